The lowest BCUT2D eigenvalue weighted by Gasteiger charge is -2.39. The maximum atomic E-state index is 5.62. The summed E-state index contributed by atoms with van der Waals surface area (Å²) in [6.45, 7) is 14.8. The quantitative estimate of drug-likeness (QED) is 0.739. The highest BCUT2D eigenvalue weighted by molar-refractivity contribution is 4.84. The van der Waals surface area contributed by atoms with Crippen molar-refractivity contribution in [1.82, 2.24) is 10.2 Å². The summed E-state index contributed by atoms with van der Waals surface area (Å²) >= 11 is 0. The van der Waals surface area contributed by atoms with Gasteiger partial charge < -0.3 is 10.1 Å². The minimum Gasteiger partial charge on any atom is -0.377 e. The molecular weight excluding hydrogens is 224 g/mol. The van der Waals surface area contributed by atoms with E-state index in [1.165, 1.54) is 25.8 Å². The molecule has 0 amide bonds. The second-order valence-electron chi connectivity index (χ2n) is 7.09. The first-order chi connectivity index (χ1) is 8.35. The Balaban J connectivity index is 2.12. The number of rotatable bonds is 6. The zero-order valence-corrected chi connectivity index (χ0v) is 13.0. The molecule has 108 valence electrons. The van der Waals surface area contributed by atoms with E-state index in [1.54, 1.807) is 0 Å². The van der Waals surface area contributed by atoms with Crippen LogP contribution in [0.4, 0.5) is 0 Å². The van der Waals surface area contributed by atoms with E-state index < -0.39 is 0 Å². The van der Waals surface area contributed by atoms with Crippen LogP contribution >= 0.6 is 0 Å². The molecule has 0 radical (unpaired) electrons. The van der Waals surface area contributed by atoms with Crippen LogP contribution < -0.4 is 5.32 Å². The Morgan fingerprint density at radius 3 is 2.61 bits per heavy atom. The zero-order chi connectivity index (χ0) is 13.6. The normalized spacial score (nSPS) is 26.5. The molecule has 0 aliphatic carbocycles. The first kappa shape index (κ1) is 15.9. The Morgan fingerprint density at radius 1 is 1.28 bits per heavy atom. The summed E-state index contributed by atoms with van der Waals surface area (Å²) < 4.78 is 5.62. The van der Waals surface area contributed by atoms with Crippen LogP contribution in [0.1, 0.15) is 47.0 Å². The number of hydrogen-bond acceptors (Lipinski definition) is 3. The molecule has 0 aromatic rings. The molecule has 1 aliphatic heterocycles. The van der Waals surface area contributed by atoms with E-state index in [-0.39, 0.29) is 5.60 Å². The fourth-order valence-corrected chi connectivity index (χ4v) is 2.49. The highest BCUT2D eigenvalue weighted by atomic mass is 16.5. The maximum Gasteiger partial charge on any atom is 0.0777 e. The SMILES string of the molecule is COC1(C)CCCN(CCNCCC(C)(C)C)C1. The zero-order valence-electron chi connectivity index (χ0n) is 13.0. The average molecular weight is 256 g/mol. The smallest absolute Gasteiger partial charge is 0.0777 e. The summed E-state index contributed by atoms with van der Waals surface area (Å²) in [6.07, 6.45) is 3.69. The Kier molecular flexibility index (Phi) is 6.09. The molecule has 1 N–H and O–H groups in total. The predicted molar refractivity (Wildman–Crippen MR) is 78.0 cm³/mol. The third-order valence-corrected chi connectivity index (χ3v) is 3.89. The van der Waals surface area contributed by atoms with Gasteiger partial charge in [0.25, 0.3) is 0 Å². The van der Waals surface area contributed by atoms with Crippen molar-refractivity contribution in [3.8, 4) is 0 Å². The minimum atomic E-state index is 0.0731. The summed E-state index contributed by atoms with van der Waals surface area (Å²) in [4.78, 5) is 2.52. The van der Waals surface area contributed by atoms with Crippen molar-refractivity contribution in [2.45, 2.75) is 52.6 Å². The molecule has 0 bridgehead atoms. The van der Waals surface area contributed by atoms with Gasteiger partial charge in [-0.05, 0) is 44.7 Å². The van der Waals surface area contributed by atoms with Gasteiger partial charge >= 0.3 is 0 Å². The molecule has 3 heteroatoms. The van der Waals surface area contributed by atoms with Crippen LogP contribution in [-0.4, -0.2) is 50.3 Å². The highest BCUT2D eigenvalue weighted by Crippen LogP contribution is 2.23. The molecule has 0 aromatic heterocycles. The van der Waals surface area contributed by atoms with E-state index in [9.17, 15) is 0 Å². The first-order valence-electron chi connectivity index (χ1n) is 7.33. The van der Waals surface area contributed by atoms with Crippen LogP contribution in [0.25, 0.3) is 0 Å². The lowest BCUT2D eigenvalue weighted by Crippen LogP contribution is -2.49. The topological polar surface area (TPSA) is 24.5 Å². The number of nitrogens with one attached hydrogen (secondary N) is 1. The van der Waals surface area contributed by atoms with Crippen molar-refractivity contribution in [2.24, 2.45) is 5.41 Å². The van der Waals surface area contributed by atoms with E-state index >= 15 is 0 Å². The van der Waals surface area contributed by atoms with Crippen molar-refractivity contribution < 1.29 is 4.74 Å². The second kappa shape index (κ2) is 6.88. The van der Waals surface area contributed by atoms with Crippen LogP contribution in [0.2, 0.25) is 0 Å². The molecule has 0 saturated carbocycles. The van der Waals surface area contributed by atoms with Crippen LogP contribution in [-0.2, 0) is 4.74 Å². The van der Waals surface area contributed by atoms with E-state index in [4.69, 9.17) is 4.74 Å². The van der Waals surface area contributed by atoms with E-state index in [0.29, 0.717) is 5.41 Å². The van der Waals surface area contributed by atoms with Gasteiger partial charge in [0, 0.05) is 26.7 Å². The standard InChI is InChI=1S/C15H32N2O/c1-14(2,3)8-9-16-10-12-17-11-6-7-15(4,13-17)18-5/h16H,6-13H2,1-5H3. The minimum absolute atomic E-state index is 0.0731. The van der Waals surface area contributed by atoms with E-state index in [0.717, 1.165) is 26.2 Å². The molecule has 1 atom stereocenters. The summed E-state index contributed by atoms with van der Waals surface area (Å²) in [5.41, 5.74) is 0.510. The first-order valence-corrected chi connectivity index (χ1v) is 7.33. The number of likely N-dealkylation sites (tertiary alicyclic amines) is 1. The van der Waals surface area contributed by atoms with Crippen LogP contribution in [0.3, 0.4) is 0 Å². The molecule has 0 spiro atoms. The summed E-state index contributed by atoms with van der Waals surface area (Å²) in [5, 5.41) is 3.55. The lowest BCUT2D eigenvalue weighted by molar-refractivity contribution is -0.0502. The number of ether oxygens (including phenoxy) is 1. The van der Waals surface area contributed by atoms with Gasteiger partial charge in [0.15, 0.2) is 0 Å². The largest absolute Gasteiger partial charge is 0.377 e. The number of hydrogen-bond donors (Lipinski definition) is 1. The molecule has 18 heavy (non-hydrogen) atoms. The van der Waals surface area contributed by atoms with Gasteiger partial charge in [-0.25, -0.2) is 0 Å². The van der Waals surface area contributed by atoms with Crippen molar-refractivity contribution in [3.05, 3.63) is 0 Å². The Hall–Kier alpha value is -0.120. The van der Waals surface area contributed by atoms with Gasteiger partial charge in [-0.1, -0.05) is 20.8 Å². The number of nitrogens with zero attached hydrogens (tertiary/aromatic N) is 1. The molecule has 0 aromatic carbocycles. The molecule has 1 heterocycles. The molecule has 1 fully saturated rings. The van der Waals surface area contributed by atoms with Gasteiger partial charge in [0.2, 0.25) is 0 Å². The van der Waals surface area contributed by atoms with Crippen LogP contribution in [0.5, 0.6) is 0 Å². The number of piperidine rings is 1. The van der Waals surface area contributed by atoms with Gasteiger partial charge in [0.05, 0.1) is 5.60 Å². The highest BCUT2D eigenvalue weighted by Gasteiger charge is 2.30. The van der Waals surface area contributed by atoms with Gasteiger partial charge in [0.1, 0.15) is 0 Å². The Labute approximate surface area is 113 Å². The molecule has 1 rings (SSSR count). The van der Waals surface area contributed by atoms with Crippen LogP contribution in [0, 0.1) is 5.41 Å². The maximum absolute atomic E-state index is 5.62. The van der Waals surface area contributed by atoms with E-state index in [2.05, 4.69) is 37.9 Å². The third-order valence-electron chi connectivity index (χ3n) is 3.89. The Bertz CT molecular complexity index is 237. The second-order valence-corrected chi connectivity index (χ2v) is 7.09. The van der Waals surface area contributed by atoms with Crippen LogP contribution in [0.15, 0.2) is 0 Å². The van der Waals surface area contributed by atoms with Gasteiger partial charge in [-0.3, -0.25) is 4.90 Å². The van der Waals surface area contributed by atoms with Crippen molar-refractivity contribution >= 4 is 0 Å². The summed E-state index contributed by atoms with van der Waals surface area (Å²) in [7, 11) is 1.84. The molecule has 1 saturated heterocycles. The van der Waals surface area contributed by atoms with Crippen molar-refractivity contribution in [3.63, 3.8) is 0 Å². The fraction of sp³-hybridized carbons (Fsp3) is 1.00. The predicted octanol–water partition coefficient (Wildman–Crippen LogP) is 2.51. The Morgan fingerprint density at radius 2 is 2.00 bits per heavy atom. The fourth-order valence-electron chi connectivity index (χ4n) is 2.49. The van der Waals surface area contributed by atoms with Gasteiger partial charge in [-0.15, -0.1) is 0 Å². The third kappa shape index (κ3) is 6.17. The monoisotopic (exact) mass is 256 g/mol. The lowest BCUT2D eigenvalue weighted by atomic mass is 9.92. The van der Waals surface area contributed by atoms with E-state index in [1.807, 2.05) is 7.11 Å². The molecular formula is C15H32N2O. The molecule has 3 nitrogen and oxygen atoms in total. The van der Waals surface area contributed by atoms with Gasteiger partial charge in [-0.2, -0.15) is 0 Å². The van der Waals surface area contributed by atoms with Crippen molar-refractivity contribution in [1.29, 1.82) is 0 Å². The number of methoxy groups -OCH3 is 1. The molecule has 1 aliphatic rings. The molecule has 1 unspecified atom stereocenters. The summed E-state index contributed by atoms with van der Waals surface area (Å²) in [6, 6.07) is 0. The average Bonchev–Trinajstić information content (AvgIpc) is 2.27. The summed E-state index contributed by atoms with van der Waals surface area (Å²) in [5.74, 6) is 0. The van der Waals surface area contributed by atoms with Crippen molar-refractivity contribution in [2.75, 3.05) is 39.8 Å².